The number of allylic oxidation sites excluding steroid dienone is 2. The van der Waals surface area contributed by atoms with Crippen molar-refractivity contribution in [2.24, 2.45) is 41.4 Å². The second kappa shape index (κ2) is 7.39. The van der Waals surface area contributed by atoms with Crippen molar-refractivity contribution < 1.29 is 23.9 Å². The number of ketones is 1. The summed E-state index contributed by atoms with van der Waals surface area (Å²) in [5.74, 6) is 0.547. The Bertz CT molecular complexity index is 972. The van der Waals surface area contributed by atoms with Gasteiger partial charge in [-0.05, 0) is 55.8 Å². The van der Waals surface area contributed by atoms with Crippen LogP contribution in [0.1, 0.15) is 42.5 Å². The van der Waals surface area contributed by atoms with Crippen molar-refractivity contribution in [3.63, 3.8) is 0 Å². The molecule has 1 heterocycles. The number of amides is 2. The Morgan fingerprint density at radius 1 is 0.875 bits per heavy atom. The number of imide groups is 1. The Hall–Kier alpha value is -2.76. The first-order valence-corrected chi connectivity index (χ1v) is 11.8. The Morgan fingerprint density at radius 3 is 2.06 bits per heavy atom. The number of likely N-dealkylation sites (tertiary alicyclic amines) is 1. The van der Waals surface area contributed by atoms with Crippen LogP contribution >= 0.6 is 0 Å². The molecule has 0 unspecified atom stereocenters. The van der Waals surface area contributed by atoms with Crippen LogP contribution in [0.3, 0.4) is 0 Å². The third kappa shape index (κ3) is 2.99. The highest BCUT2D eigenvalue weighted by atomic mass is 16.5. The van der Waals surface area contributed by atoms with E-state index in [0.29, 0.717) is 43.1 Å². The molecule has 6 atom stereocenters. The van der Waals surface area contributed by atoms with Crippen molar-refractivity contribution in [3.05, 3.63) is 48.0 Å². The highest BCUT2D eigenvalue weighted by molar-refractivity contribution is 6.06. The average Bonchev–Trinajstić information content (AvgIpc) is 3.61. The van der Waals surface area contributed by atoms with Crippen molar-refractivity contribution in [2.75, 3.05) is 6.61 Å². The summed E-state index contributed by atoms with van der Waals surface area (Å²) in [6.45, 7) is -0.257. The quantitative estimate of drug-likeness (QED) is 0.309. The Balaban J connectivity index is 1.05. The highest BCUT2D eigenvalue weighted by Crippen LogP contribution is 2.65. The molecule has 6 heteroatoms. The van der Waals surface area contributed by atoms with Gasteiger partial charge in [-0.3, -0.25) is 24.1 Å². The van der Waals surface area contributed by atoms with Crippen LogP contribution in [0.25, 0.3) is 0 Å². The van der Waals surface area contributed by atoms with Gasteiger partial charge in [0, 0.05) is 11.6 Å². The normalized spacial score (nSPS) is 38.9. The van der Waals surface area contributed by atoms with Gasteiger partial charge < -0.3 is 4.74 Å². The van der Waals surface area contributed by atoms with Gasteiger partial charge in [0.25, 0.3) is 0 Å². The van der Waals surface area contributed by atoms with Crippen LogP contribution in [0, 0.1) is 41.4 Å². The number of hydrogen-bond donors (Lipinski definition) is 0. The molecular weight excluding hydrogens is 406 g/mol. The van der Waals surface area contributed by atoms with Gasteiger partial charge >= 0.3 is 5.97 Å². The number of carbonyl (C=O) groups is 4. The zero-order valence-electron chi connectivity index (χ0n) is 17.9. The predicted molar refractivity (Wildman–Crippen MR) is 114 cm³/mol. The predicted octanol–water partition coefficient (Wildman–Crippen LogP) is 3.02. The summed E-state index contributed by atoms with van der Waals surface area (Å²) in [6, 6.07) is 8.67. The van der Waals surface area contributed by atoms with Crippen LogP contribution in [-0.4, -0.2) is 41.1 Å². The SMILES string of the molecule is O=C(COC(=O)C1CCC(N2C(=O)[C@H]3[C@@H]4C=C[C@@H]([C@H]5C[C@H]45)[C@@H]3C2=O)CC1)c1ccccc1. The molecule has 1 saturated heterocycles. The van der Waals surface area contributed by atoms with Crippen molar-refractivity contribution in [3.8, 4) is 0 Å². The average molecular weight is 434 g/mol. The molecule has 0 aromatic heterocycles. The molecular formula is C26H27NO5. The van der Waals surface area contributed by atoms with E-state index in [0.717, 1.165) is 6.42 Å². The molecule has 2 bridgehead atoms. The van der Waals surface area contributed by atoms with Gasteiger partial charge in [-0.15, -0.1) is 0 Å². The maximum atomic E-state index is 13.3. The molecule has 1 aliphatic heterocycles. The molecule has 1 aromatic rings. The minimum Gasteiger partial charge on any atom is -0.457 e. The summed E-state index contributed by atoms with van der Waals surface area (Å²) in [5.41, 5.74) is 0.526. The zero-order valence-corrected chi connectivity index (χ0v) is 17.9. The Labute approximate surface area is 187 Å². The van der Waals surface area contributed by atoms with E-state index < -0.39 is 0 Å². The largest absolute Gasteiger partial charge is 0.457 e. The monoisotopic (exact) mass is 433 g/mol. The minimum atomic E-state index is -0.359. The number of benzene rings is 1. The molecule has 166 valence electrons. The lowest BCUT2D eigenvalue weighted by atomic mass is 9.63. The number of hydrogen-bond acceptors (Lipinski definition) is 5. The third-order valence-corrected chi connectivity index (χ3v) is 8.53. The molecule has 6 aliphatic rings. The number of nitrogens with zero attached hydrogens (tertiary/aromatic N) is 1. The number of rotatable bonds is 5. The second-order valence-corrected chi connectivity index (χ2v) is 10.1. The molecule has 7 rings (SSSR count). The van der Waals surface area contributed by atoms with Gasteiger partial charge in [-0.2, -0.15) is 0 Å². The first kappa shape index (κ1) is 19.9. The first-order valence-electron chi connectivity index (χ1n) is 11.8. The lowest BCUT2D eigenvalue weighted by molar-refractivity contribution is -0.149. The molecule has 4 fully saturated rings. The van der Waals surface area contributed by atoms with Crippen LogP contribution in [-0.2, 0) is 19.1 Å². The summed E-state index contributed by atoms with van der Waals surface area (Å²) in [5, 5.41) is 0. The molecule has 5 aliphatic carbocycles. The molecule has 32 heavy (non-hydrogen) atoms. The molecule has 2 amide bonds. The molecule has 6 nitrogen and oxygen atoms in total. The first-order chi connectivity index (χ1) is 15.5. The maximum absolute atomic E-state index is 13.3. The van der Waals surface area contributed by atoms with E-state index in [2.05, 4.69) is 12.2 Å². The van der Waals surface area contributed by atoms with Gasteiger partial charge in [0.15, 0.2) is 12.4 Å². The van der Waals surface area contributed by atoms with Crippen LogP contribution in [0.4, 0.5) is 0 Å². The third-order valence-electron chi connectivity index (χ3n) is 8.53. The number of esters is 1. The summed E-state index contributed by atoms with van der Waals surface area (Å²) < 4.78 is 5.29. The topological polar surface area (TPSA) is 80.8 Å². The van der Waals surface area contributed by atoms with Crippen molar-refractivity contribution in [2.45, 2.75) is 38.1 Å². The van der Waals surface area contributed by atoms with E-state index in [-0.39, 0.29) is 65.8 Å². The fourth-order valence-electron chi connectivity index (χ4n) is 6.87. The summed E-state index contributed by atoms with van der Waals surface area (Å²) in [6.07, 6.45) is 7.95. The van der Waals surface area contributed by atoms with Crippen molar-refractivity contribution in [1.82, 2.24) is 4.90 Å². The second-order valence-electron chi connectivity index (χ2n) is 10.1. The van der Waals surface area contributed by atoms with E-state index in [1.165, 1.54) is 0 Å². The van der Waals surface area contributed by atoms with Gasteiger partial charge in [0.2, 0.25) is 11.8 Å². The minimum absolute atomic E-state index is 0.0178. The van der Waals surface area contributed by atoms with E-state index >= 15 is 0 Å². The standard InChI is InChI=1S/C26H27NO5/c28-21(14-4-2-1-3-5-14)13-32-26(31)15-6-8-16(9-7-15)27-24(29)22-17-10-11-18(20-12-19(17)20)23(22)25(27)30/h1-5,10-11,15-20,22-23H,6-9,12-13H2/t15?,16?,17-,18+,19-,20-,22+,23+/m1/s1. The smallest absolute Gasteiger partial charge is 0.309 e. The van der Waals surface area contributed by atoms with Crippen LogP contribution in [0.2, 0.25) is 0 Å². The number of carbonyl (C=O) groups excluding carboxylic acids is 4. The Morgan fingerprint density at radius 2 is 1.47 bits per heavy atom. The fraction of sp³-hybridized carbons (Fsp3) is 0.538. The van der Waals surface area contributed by atoms with E-state index in [4.69, 9.17) is 4.74 Å². The Kier molecular flexibility index (Phi) is 4.60. The fourth-order valence-corrected chi connectivity index (χ4v) is 6.87. The van der Waals surface area contributed by atoms with Crippen molar-refractivity contribution in [1.29, 1.82) is 0 Å². The van der Waals surface area contributed by atoms with Crippen LogP contribution < -0.4 is 0 Å². The van der Waals surface area contributed by atoms with Gasteiger partial charge in [0.05, 0.1) is 17.8 Å². The van der Waals surface area contributed by atoms with Gasteiger partial charge in [-0.25, -0.2) is 0 Å². The summed E-state index contributed by atoms with van der Waals surface area (Å²) in [4.78, 5) is 52.8. The molecule has 3 saturated carbocycles. The molecule has 0 radical (unpaired) electrons. The van der Waals surface area contributed by atoms with Crippen LogP contribution in [0.15, 0.2) is 42.5 Å². The van der Waals surface area contributed by atoms with E-state index in [1.807, 2.05) is 6.07 Å². The lowest BCUT2D eigenvalue weighted by Gasteiger charge is -2.37. The van der Waals surface area contributed by atoms with E-state index in [9.17, 15) is 19.2 Å². The maximum Gasteiger partial charge on any atom is 0.309 e. The number of Topliss-reactive ketones (excluding diaryl/α,β-unsaturated/α-hetero) is 1. The van der Waals surface area contributed by atoms with Crippen molar-refractivity contribution >= 4 is 23.6 Å². The molecule has 1 aromatic carbocycles. The molecule has 0 spiro atoms. The van der Waals surface area contributed by atoms with Gasteiger partial charge in [0.1, 0.15) is 0 Å². The van der Waals surface area contributed by atoms with Gasteiger partial charge in [-0.1, -0.05) is 42.5 Å². The highest BCUT2D eigenvalue weighted by Gasteiger charge is 2.67. The number of ether oxygens (including phenoxy) is 1. The molecule has 0 N–H and O–H groups in total. The zero-order chi connectivity index (χ0) is 22.0. The lowest BCUT2D eigenvalue weighted by Crippen LogP contribution is -2.44. The van der Waals surface area contributed by atoms with E-state index in [1.54, 1.807) is 29.2 Å². The van der Waals surface area contributed by atoms with Crippen LogP contribution in [0.5, 0.6) is 0 Å². The summed E-state index contributed by atoms with van der Waals surface area (Å²) in [7, 11) is 0. The summed E-state index contributed by atoms with van der Waals surface area (Å²) >= 11 is 0.